The summed E-state index contributed by atoms with van der Waals surface area (Å²) in [6, 6.07) is 10.2. The molecule has 2 amide bonds. The lowest BCUT2D eigenvalue weighted by Crippen LogP contribution is -2.51. The number of carbonyl (C=O) groups excluding carboxylic acids is 2. The minimum Gasteiger partial charge on any atom is -0.450 e. The number of nitrogens with zero attached hydrogens (tertiary/aromatic N) is 3. The molecule has 4 rings (SSSR count). The molecule has 2 aromatic rings. The van der Waals surface area contributed by atoms with Gasteiger partial charge in [-0.05, 0) is 38.2 Å². The van der Waals surface area contributed by atoms with Crippen molar-refractivity contribution in [1.29, 1.82) is 0 Å². The first-order valence-corrected chi connectivity index (χ1v) is 11.2. The Balaban J connectivity index is 1.52. The molecular weight excluding hydrogens is 386 g/mol. The first-order valence-electron chi connectivity index (χ1n) is 10.3. The summed E-state index contributed by atoms with van der Waals surface area (Å²) in [4.78, 5) is 34.0. The molecule has 2 heterocycles. The Labute approximate surface area is 175 Å². The Morgan fingerprint density at radius 3 is 2.55 bits per heavy atom. The first kappa shape index (κ1) is 19.9. The minimum atomic E-state index is -0.392. The standard InChI is InChI=1S/C22H27N3O3S/c1-2-28-21(27)24-13-8-18(9-14-24)25(16-19-23-12-15-29-19)20(26)22(10-11-22)17-6-4-3-5-7-17/h3-7,12,15,18H,2,8-11,13-14,16H2,1H3. The van der Waals surface area contributed by atoms with Crippen LogP contribution in [0.4, 0.5) is 4.79 Å². The fraction of sp³-hybridized carbons (Fsp3) is 0.500. The van der Waals surface area contributed by atoms with Crippen molar-refractivity contribution in [2.45, 2.75) is 50.6 Å². The number of rotatable bonds is 6. The number of amides is 2. The van der Waals surface area contributed by atoms with Crippen LogP contribution in [0, 0.1) is 0 Å². The molecule has 2 fully saturated rings. The van der Waals surface area contributed by atoms with Gasteiger partial charge in [-0.2, -0.15) is 0 Å². The fourth-order valence-electron chi connectivity index (χ4n) is 4.20. The van der Waals surface area contributed by atoms with Crippen LogP contribution in [0.2, 0.25) is 0 Å². The molecule has 1 aromatic heterocycles. The molecule has 0 atom stereocenters. The van der Waals surface area contributed by atoms with Gasteiger partial charge in [0.2, 0.25) is 5.91 Å². The Hall–Kier alpha value is -2.41. The first-order chi connectivity index (χ1) is 14.1. The predicted molar refractivity (Wildman–Crippen MR) is 112 cm³/mol. The number of aromatic nitrogens is 1. The van der Waals surface area contributed by atoms with Gasteiger partial charge in [-0.3, -0.25) is 4.79 Å². The second-order valence-corrected chi connectivity index (χ2v) is 8.70. The van der Waals surface area contributed by atoms with Gasteiger partial charge in [0, 0.05) is 30.7 Å². The van der Waals surface area contributed by atoms with E-state index in [0.717, 1.165) is 36.3 Å². The zero-order valence-corrected chi connectivity index (χ0v) is 17.6. The van der Waals surface area contributed by atoms with Gasteiger partial charge in [0.1, 0.15) is 5.01 Å². The van der Waals surface area contributed by atoms with E-state index in [1.807, 2.05) is 35.4 Å². The molecule has 1 saturated carbocycles. The van der Waals surface area contributed by atoms with Crippen LogP contribution in [0.25, 0.3) is 0 Å². The van der Waals surface area contributed by atoms with Gasteiger partial charge in [0.25, 0.3) is 0 Å². The van der Waals surface area contributed by atoms with Gasteiger partial charge >= 0.3 is 6.09 Å². The van der Waals surface area contributed by atoms with E-state index in [2.05, 4.69) is 17.1 Å². The highest BCUT2D eigenvalue weighted by atomic mass is 32.1. The summed E-state index contributed by atoms with van der Waals surface area (Å²) in [6.45, 7) is 3.97. The lowest BCUT2D eigenvalue weighted by Gasteiger charge is -2.39. The van der Waals surface area contributed by atoms with Crippen LogP contribution in [0.5, 0.6) is 0 Å². The third kappa shape index (κ3) is 4.15. The number of hydrogen-bond donors (Lipinski definition) is 0. The van der Waals surface area contributed by atoms with E-state index >= 15 is 0 Å². The summed E-state index contributed by atoms with van der Waals surface area (Å²) in [7, 11) is 0. The molecular formula is C22H27N3O3S. The molecule has 0 unspecified atom stereocenters. The number of benzene rings is 1. The summed E-state index contributed by atoms with van der Waals surface area (Å²) < 4.78 is 5.13. The molecule has 2 aliphatic rings. The minimum absolute atomic E-state index is 0.110. The highest BCUT2D eigenvalue weighted by molar-refractivity contribution is 7.09. The van der Waals surface area contributed by atoms with Crippen molar-refractivity contribution < 1.29 is 14.3 Å². The van der Waals surface area contributed by atoms with Crippen LogP contribution in [-0.4, -0.2) is 52.5 Å². The van der Waals surface area contributed by atoms with Crippen LogP contribution >= 0.6 is 11.3 Å². The van der Waals surface area contributed by atoms with E-state index in [4.69, 9.17) is 4.74 Å². The van der Waals surface area contributed by atoms with Crippen molar-refractivity contribution in [3.63, 3.8) is 0 Å². The monoisotopic (exact) mass is 413 g/mol. The van der Waals surface area contributed by atoms with Crippen molar-refractivity contribution >= 4 is 23.3 Å². The molecule has 0 bridgehead atoms. The van der Waals surface area contributed by atoms with E-state index in [0.29, 0.717) is 26.2 Å². The number of hydrogen-bond acceptors (Lipinski definition) is 5. The Kier molecular flexibility index (Phi) is 5.85. The SMILES string of the molecule is CCOC(=O)N1CCC(N(Cc2nccs2)C(=O)C2(c3ccccc3)CC2)CC1. The predicted octanol–water partition coefficient (Wildman–Crippen LogP) is 3.82. The lowest BCUT2D eigenvalue weighted by molar-refractivity contribution is -0.138. The van der Waals surface area contributed by atoms with Crippen LogP contribution in [0.1, 0.15) is 43.2 Å². The maximum absolute atomic E-state index is 13.8. The van der Waals surface area contributed by atoms with Crippen LogP contribution in [0.3, 0.4) is 0 Å². The lowest BCUT2D eigenvalue weighted by atomic mass is 9.92. The van der Waals surface area contributed by atoms with E-state index in [9.17, 15) is 9.59 Å². The molecule has 7 heteroatoms. The molecule has 0 N–H and O–H groups in total. The molecule has 0 spiro atoms. The van der Waals surface area contributed by atoms with Crippen molar-refractivity contribution in [2.75, 3.05) is 19.7 Å². The average Bonchev–Trinajstić information content (AvgIpc) is 3.42. The fourth-order valence-corrected chi connectivity index (χ4v) is 4.82. The third-order valence-electron chi connectivity index (χ3n) is 5.97. The smallest absolute Gasteiger partial charge is 0.409 e. The maximum Gasteiger partial charge on any atom is 0.409 e. The normalized spacial score (nSPS) is 18.3. The highest BCUT2D eigenvalue weighted by Crippen LogP contribution is 2.50. The van der Waals surface area contributed by atoms with Gasteiger partial charge in [0.05, 0.1) is 18.6 Å². The van der Waals surface area contributed by atoms with Crippen molar-refractivity contribution in [3.05, 3.63) is 52.5 Å². The zero-order chi connectivity index (χ0) is 20.3. The number of ether oxygens (including phenoxy) is 1. The van der Waals surface area contributed by atoms with E-state index in [-0.39, 0.29) is 18.0 Å². The van der Waals surface area contributed by atoms with E-state index in [1.54, 1.807) is 22.4 Å². The zero-order valence-electron chi connectivity index (χ0n) is 16.8. The molecule has 154 valence electrons. The molecule has 1 aromatic carbocycles. The molecule has 1 aliphatic heterocycles. The topological polar surface area (TPSA) is 62.7 Å². The largest absolute Gasteiger partial charge is 0.450 e. The molecule has 1 saturated heterocycles. The summed E-state index contributed by atoms with van der Waals surface area (Å²) >= 11 is 1.58. The van der Waals surface area contributed by atoms with Gasteiger partial charge in [0.15, 0.2) is 0 Å². The molecule has 6 nitrogen and oxygen atoms in total. The second kappa shape index (κ2) is 8.53. The van der Waals surface area contributed by atoms with Gasteiger partial charge in [-0.1, -0.05) is 30.3 Å². The number of carbonyl (C=O) groups is 2. The van der Waals surface area contributed by atoms with Crippen molar-refractivity contribution in [3.8, 4) is 0 Å². The quantitative estimate of drug-likeness (QED) is 0.722. The van der Waals surface area contributed by atoms with Gasteiger partial charge in [-0.15, -0.1) is 11.3 Å². The second-order valence-electron chi connectivity index (χ2n) is 7.72. The molecule has 1 aliphatic carbocycles. The summed E-state index contributed by atoms with van der Waals surface area (Å²) in [5.41, 5.74) is 0.717. The summed E-state index contributed by atoms with van der Waals surface area (Å²) in [5, 5.41) is 2.90. The third-order valence-corrected chi connectivity index (χ3v) is 6.73. The number of thiazole rings is 1. The number of likely N-dealkylation sites (tertiary alicyclic amines) is 1. The summed E-state index contributed by atoms with van der Waals surface area (Å²) in [6.07, 6.45) is 4.85. The van der Waals surface area contributed by atoms with E-state index < -0.39 is 5.41 Å². The average molecular weight is 414 g/mol. The van der Waals surface area contributed by atoms with Gasteiger partial charge < -0.3 is 14.5 Å². The van der Waals surface area contributed by atoms with Crippen molar-refractivity contribution in [1.82, 2.24) is 14.8 Å². The van der Waals surface area contributed by atoms with Crippen LogP contribution < -0.4 is 0 Å². The molecule has 29 heavy (non-hydrogen) atoms. The highest BCUT2D eigenvalue weighted by Gasteiger charge is 2.54. The van der Waals surface area contributed by atoms with Crippen molar-refractivity contribution in [2.24, 2.45) is 0 Å². The Morgan fingerprint density at radius 2 is 1.97 bits per heavy atom. The Bertz CT molecular complexity index is 828. The van der Waals surface area contributed by atoms with Crippen LogP contribution in [0.15, 0.2) is 41.9 Å². The van der Waals surface area contributed by atoms with Crippen LogP contribution in [-0.2, 0) is 21.5 Å². The maximum atomic E-state index is 13.8. The summed E-state index contributed by atoms with van der Waals surface area (Å²) in [5.74, 6) is 0.202. The Morgan fingerprint density at radius 1 is 1.24 bits per heavy atom. The van der Waals surface area contributed by atoms with Gasteiger partial charge in [-0.25, -0.2) is 9.78 Å². The number of piperidine rings is 1. The molecule has 0 radical (unpaired) electrons. The van der Waals surface area contributed by atoms with E-state index in [1.165, 1.54) is 0 Å².